The molecule has 20 heavy (non-hydrogen) atoms. The fourth-order valence-electron chi connectivity index (χ4n) is 1.95. The highest BCUT2D eigenvalue weighted by Crippen LogP contribution is 2.25. The zero-order valence-electron chi connectivity index (χ0n) is 11.5. The number of halogens is 1. The molecule has 1 aromatic rings. The van der Waals surface area contributed by atoms with E-state index >= 15 is 0 Å². The van der Waals surface area contributed by atoms with Crippen molar-refractivity contribution in [3.63, 3.8) is 0 Å². The summed E-state index contributed by atoms with van der Waals surface area (Å²) in [4.78, 5) is 11.1. The number of aryl methyl sites for hydroxylation is 1. The Morgan fingerprint density at radius 2 is 1.85 bits per heavy atom. The van der Waals surface area contributed by atoms with Gasteiger partial charge in [-0.2, -0.15) is 0 Å². The van der Waals surface area contributed by atoms with Crippen LogP contribution in [0.2, 0.25) is 0 Å². The Balaban J connectivity index is 3.09. The van der Waals surface area contributed by atoms with Gasteiger partial charge in [-0.1, -0.05) is 47.2 Å². The lowest BCUT2D eigenvalue weighted by Crippen LogP contribution is -2.27. The lowest BCUT2D eigenvalue weighted by atomic mass is 10.1. The SMILES string of the molecule is Cc1ccc(S(=O)(=O)C(CC(=O)O)CC(C)CI)cc1. The van der Waals surface area contributed by atoms with E-state index in [4.69, 9.17) is 5.11 Å². The van der Waals surface area contributed by atoms with Gasteiger partial charge in [0.25, 0.3) is 0 Å². The molecular weight excluding hydrogens is 391 g/mol. The summed E-state index contributed by atoms with van der Waals surface area (Å²) in [6.45, 7) is 3.81. The largest absolute Gasteiger partial charge is 0.481 e. The van der Waals surface area contributed by atoms with E-state index in [1.807, 2.05) is 13.8 Å². The number of aliphatic carboxylic acids is 1. The standard InChI is InChI=1S/C14H19IO4S/c1-10-3-5-12(6-4-10)20(18,19)13(8-14(16)17)7-11(2)9-15/h3-6,11,13H,7-9H2,1-2H3,(H,16,17). The normalized spacial score (nSPS) is 14.8. The second-order valence-electron chi connectivity index (χ2n) is 5.07. The van der Waals surface area contributed by atoms with Crippen molar-refractivity contribution in [2.24, 2.45) is 5.92 Å². The number of carboxylic acids is 1. The molecule has 0 amide bonds. The van der Waals surface area contributed by atoms with Crippen molar-refractivity contribution in [3.05, 3.63) is 29.8 Å². The fraction of sp³-hybridized carbons (Fsp3) is 0.500. The Morgan fingerprint density at radius 3 is 2.30 bits per heavy atom. The third-order valence-electron chi connectivity index (χ3n) is 3.12. The topological polar surface area (TPSA) is 71.4 Å². The summed E-state index contributed by atoms with van der Waals surface area (Å²) >= 11 is 2.19. The molecule has 4 nitrogen and oxygen atoms in total. The second kappa shape index (κ2) is 7.40. The van der Waals surface area contributed by atoms with Crippen molar-refractivity contribution in [2.75, 3.05) is 4.43 Å². The summed E-state index contributed by atoms with van der Waals surface area (Å²) in [6, 6.07) is 6.56. The van der Waals surface area contributed by atoms with E-state index in [-0.39, 0.29) is 17.2 Å². The molecule has 0 bridgehead atoms. The summed E-state index contributed by atoms with van der Waals surface area (Å²) in [6.07, 6.45) is 0.0165. The Labute approximate surface area is 133 Å². The van der Waals surface area contributed by atoms with E-state index in [0.29, 0.717) is 6.42 Å². The Morgan fingerprint density at radius 1 is 1.30 bits per heavy atom. The molecule has 0 saturated carbocycles. The lowest BCUT2D eigenvalue weighted by molar-refractivity contribution is -0.137. The van der Waals surface area contributed by atoms with E-state index in [1.165, 1.54) is 0 Å². The molecule has 0 radical (unpaired) electrons. The molecule has 112 valence electrons. The van der Waals surface area contributed by atoms with Crippen molar-refractivity contribution in [1.82, 2.24) is 0 Å². The highest BCUT2D eigenvalue weighted by atomic mass is 127. The van der Waals surface area contributed by atoms with Crippen LogP contribution in [0.25, 0.3) is 0 Å². The summed E-state index contributed by atoms with van der Waals surface area (Å²) in [7, 11) is -3.60. The summed E-state index contributed by atoms with van der Waals surface area (Å²) < 4.78 is 25.9. The third-order valence-corrected chi connectivity index (χ3v) is 6.79. The van der Waals surface area contributed by atoms with Gasteiger partial charge in [0.15, 0.2) is 9.84 Å². The van der Waals surface area contributed by atoms with Crippen molar-refractivity contribution < 1.29 is 18.3 Å². The zero-order chi connectivity index (χ0) is 15.3. The predicted octanol–water partition coefficient (Wildman–Crippen LogP) is 3.07. The molecule has 0 aliphatic rings. The van der Waals surface area contributed by atoms with Gasteiger partial charge in [-0.15, -0.1) is 0 Å². The van der Waals surface area contributed by atoms with E-state index in [2.05, 4.69) is 22.6 Å². The molecule has 0 fully saturated rings. The fourth-order valence-corrected chi connectivity index (χ4v) is 4.15. The Kier molecular flexibility index (Phi) is 6.44. The van der Waals surface area contributed by atoms with Crippen LogP contribution in [0, 0.1) is 12.8 Å². The van der Waals surface area contributed by atoms with E-state index in [0.717, 1.165) is 9.99 Å². The van der Waals surface area contributed by atoms with Crippen molar-refractivity contribution in [3.8, 4) is 0 Å². The molecule has 0 aromatic heterocycles. The van der Waals surface area contributed by atoms with Crippen molar-refractivity contribution in [1.29, 1.82) is 0 Å². The molecule has 0 heterocycles. The van der Waals surface area contributed by atoms with Crippen LogP contribution in [0.1, 0.15) is 25.3 Å². The Hall–Kier alpha value is -0.630. The molecule has 1 aromatic carbocycles. The first-order chi connectivity index (χ1) is 9.27. The molecule has 1 rings (SSSR count). The van der Waals surface area contributed by atoms with Gasteiger partial charge >= 0.3 is 5.97 Å². The maximum Gasteiger partial charge on any atom is 0.304 e. The molecule has 0 saturated heterocycles. The number of alkyl halides is 1. The van der Waals surface area contributed by atoms with E-state index in [1.54, 1.807) is 24.3 Å². The Bertz CT molecular complexity index is 551. The predicted molar refractivity (Wildman–Crippen MR) is 87.1 cm³/mol. The molecular formula is C14H19IO4S. The number of hydrogen-bond donors (Lipinski definition) is 1. The van der Waals surface area contributed by atoms with Crippen LogP contribution < -0.4 is 0 Å². The second-order valence-corrected chi connectivity index (χ2v) is 8.18. The first-order valence-electron chi connectivity index (χ1n) is 6.35. The number of hydrogen-bond acceptors (Lipinski definition) is 3. The quantitative estimate of drug-likeness (QED) is 0.554. The van der Waals surface area contributed by atoms with Gasteiger partial charge in [-0.05, 0) is 31.4 Å². The molecule has 0 aliphatic carbocycles. The van der Waals surface area contributed by atoms with E-state index in [9.17, 15) is 13.2 Å². The minimum atomic E-state index is -3.60. The molecule has 2 atom stereocenters. The number of carboxylic acid groups (broad SMARTS) is 1. The average Bonchev–Trinajstić information content (AvgIpc) is 2.37. The van der Waals surface area contributed by atoms with Gasteiger partial charge in [-0.25, -0.2) is 8.42 Å². The van der Waals surface area contributed by atoms with Gasteiger partial charge in [-0.3, -0.25) is 4.79 Å². The van der Waals surface area contributed by atoms with E-state index < -0.39 is 21.1 Å². The third kappa shape index (κ3) is 4.73. The maximum atomic E-state index is 12.6. The molecule has 6 heteroatoms. The highest BCUT2D eigenvalue weighted by molar-refractivity contribution is 14.1. The van der Waals surface area contributed by atoms with Crippen LogP contribution in [0.5, 0.6) is 0 Å². The molecule has 2 unspecified atom stereocenters. The first kappa shape index (κ1) is 17.4. The zero-order valence-corrected chi connectivity index (χ0v) is 14.5. The highest BCUT2D eigenvalue weighted by Gasteiger charge is 2.30. The van der Waals surface area contributed by atoms with Crippen LogP contribution in [-0.2, 0) is 14.6 Å². The molecule has 0 spiro atoms. The van der Waals surface area contributed by atoms with Crippen LogP contribution >= 0.6 is 22.6 Å². The maximum absolute atomic E-state index is 12.6. The summed E-state index contributed by atoms with van der Waals surface area (Å²) in [5, 5.41) is 8.09. The van der Waals surface area contributed by atoms with Gasteiger partial charge in [0, 0.05) is 4.43 Å². The van der Waals surface area contributed by atoms with Crippen LogP contribution in [0.4, 0.5) is 0 Å². The smallest absolute Gasteiger partial charge is 0.304 e. The van der Waals surface area contributed by atoms with Crippen molar-refractivity contribution in [2.45, 2.75) is 36.8 Å². The van der Waals surface area contributed by atoms with Crippen LogP contribution in [0.15, 0.2) is 29.2 Å². The minimum Gasteiger partial charge on any atom is -0.481 e. The van der Waals surface area contributed by atoms with Crippen LogP contribution in [-0.4, -0.2) is 29.2 Å². The van der Waals surface area contributed by atoms with Gasteiger partial charge in [0.05, 0.1) is 16.6 Å². The molecule has 0 aliphatic heterocycles. The van der Waals surface area contributed by atoms with Crippen LogP contribution in [0.3, 0.4) is 0 Å². The monoisotopic (exact) mass is 410 g/mol. The number of carbonyl (C=O) groups is 1. The average molecular weight is 410 g/mol. The van der Waals surface area contributed by atoms with Crippen molar-refractivity contribution >= 4 is 38.4 Å². The summed E-state index contributed by atoms with van der Waals surface area (Å²) in [5.41, 5.74) is 0.972. The van der Waals surface area contributed by atoms with Gasteiger partial charge < -0.3 is 5.11 Å². The summed E-state index contributed by atoms with van der Waals surface area (Å²) in [5.74, 6) is -0.911. The van der Waals surface area contributed by atoms with Gasteiger partial charge in [0.1, 0.15) is 0 Å². The van der Waals surface area contributed by atoms with Gasteiger partial charge in [0.2, 0.25) is 0 Å². The number of rotatable bonds is 7. The number of benzene rings is 1. The first-order valence-corrected chi connectivity index (χ1v) is 9.43. The molecule has 1 N–H and O–H groups in total. The minimum absolute atomic E-state index is 0.167. The number of sulfone groups is 1. The lowest BCUT2D eigenvalue weighted by Gasteiger charge is -2.19.